The number of aliphatic hydroxyl groups excluding tert-OH is 1. The number of rotatable bonds is 7. The van der Waals surface area contributed by atoms with Gasteiger partial charge in [0, 0.05) is 12.5 Å². The average molecular weight is 284 g/mol. The number of nitrogens with zero attached hydrogens (tertiary/aromatic N) is 1. The Hall–Kier alpha value is -0.940. The maximum Gasteiger partial charge on any atom is 0.263 e. The van der Waals surface area contributed by atoms with Crippen LogP contribution in [0.4, 0.5) is 0 Å². The minimum absolute atomic E-state index is 0.144. The smallest absolute Gasteiger partial charge is 0.263 e. The Morgan fingerprint density at radius 1 is 1.42 bits per heavy atom. The summed E-state index contributed by atoms with van der Waals surface area (Å²) in [6.45, 7) is 8.52. The van der Waals surface area contributed by atoms with E-state index in [9.17, 15) is 9.90 Å². The average Bonchev–Trinajstić information content (AvgIpc) is 2.87. The minimum Gasteiger partial charge on any atom is -0.391 e. The minimum atomic E-state index is -0.476. The summed E-state index contributed by atoms with van der Waals surface area (Å²) in [6.07, 6.45) is 2.98. The highest BCUT2D eigenvalue weighted by Gasteiger charge is 2.18. The molecule has 1 amide bonds. The van der Waals surface area contributed by atoms with Crippen LogP contribution in [0.3, 0.4) is 0 Å². The molecule has 0 radical (unpaired) electrons. The second-order valence-electron chi connectivity index (χ2n) is 5.07. The lowest BCUT2D eigenvalue weighted by molar-refractivity contribution is 0.0819. The first-order chi connectivity index (χ1) is 8.99. The van der Waals surface area contributed by atoms with Crippen molar-refractivity contribution >= 4 is 17.2 Å². The van der Waals surface area contributed by atoms with Crippen LogP contribution in [0.5, 0.6) is 0 Å². The zero-order valence-electron chi connectivity index (χ0n) is 12.1. The van der Waals surface area contributed by atoms with Crippen LogP contribution in [0.1, 0.15) is 61.1 Å². The fourth-order valence-corrected chi connectivity index (χ4v) is 2.78. The van der Waals surface area contributed by atoms with Crippen molar-refractivity contribution in [3.63, 3.8) is 0 Å². The van der Waals surface area contributed by atoms with E-state index in [-0.39, 0.29) is 11.8 Å². The Morgan fingerprint density at radius 2 is 2.05 bits per heavy atom. The predicted octanol–water partition coefficient (Wildman–Crippen LogP) is 2.79. The van der Waals surface area contributed by atoms with Gasteiger partial charge in [-0.1, -0.05) is 40.5 Å². The number of hydrogen-bond acceptors (Lipinski definition) is 4. The molecule has 1 unspecified atom stereocenters. The fourth-order valence-electron chi connectivity index (χ4n) is 1.94. The molecule has 0 aliphatic carbocycles. The maximum atomic E-state index is 11.9. The molecule has 0 bridgehead atoms. The summed E-state index contributed by atoms with van der Waals surface area (Å²) in [6, 6.07) is 0. The predicted molar refractivity (Wildman–Crippen MR) is 78.6 cm³/mol. The van der Waals surface area contributed by atoms with Gasteiger partial charge < -0.3 is 10.4 Å². The van der Waals surface area contributed by atoms with Crippen LogP contribution in [-0.4, -0.2) is 28.6 Å². The van der Waals surface area contributed by atoms with Gasteiger partial charge in [-0.2, -0.15) is 0 Å². The van der Waals surface area contributed by atoms with E-state index in [4.69, 9.17) is 0 Å². The molecule has 1 rings (SSSR count). The van der Waals surface area contributed by atoms with E-state index >= 15 is 0 Å². The van der Waals surface area contributed by atoms with Gasteiger partial charge in [0.2, 0.25) is 0 Å². The number of thiazole rings is 1. The lowest BCUT2D eigenvalue weighted by atomic mass is 9.96. The highest BCUT2D eigenvalue weighted by molar-refractivity contribution is 7.13. The van der Waals surface area contributed by atoms with Crippen LogP contribution >= 0.6 is 11.3 Å². The Morgan fingerprint density at radius 3 is 2.53 bits per heavy atom. The first kappa shape index (κ1) is 16.1. The highest BCUT2D eigenvalue weighted by Crippen LogP contribution is 2.21. The summed E-state index contributed by atoms with van der Waals surface area (Å²) < 4.78 is 0. The molecule has 1 aromatic rings. The molecule has 4 nitrogen and oxygen atoms in total. The van der Waals surface area contributed by atoms with Crippen molar-refractivity contribution in [2.24, 2.45) is 5.92 Å². The number of carbonyl (C=O) groups excluding carboxylic acids is 1. The van der Waals surface area contributed by atoms with Crippen molar-refractivity contribution in [2.75, 3.05) is 6.54 Å². The van der Waals surface area contributed by atoms with E-state index in [0.29, 0.717) is 17.3 Å². The molecule has 0 aliphatic rings. The lowest BCUT2D eigenvalue weighted by Crippen LogP contribution is -2.35. The van der Waals surface area contributed by atoms with Crippen LogP contribution in [0, 0.1) is 5.92 Å². The number of aromatic nitrogens is 1. The lowest BCUT2D eigenvalue weighted by Gasteiger charge is -2.20. The van der Waals surface area contributed by atoms with Gasteiger partial charge in [0.05, 0.1) is 17.3 Å². The number of carbonyl (C=O) groups is 1. The Kier molecular flexibility index (Phi) is 6.45. The quantitative estimate of drug-likeness (QED) is 0.809. The monoisotopic (exact) mass is 284 g/mol. The molecular formula is C14H24N2O2S. The van der Waals surface area contributed by atoms with Crippen molar-refractivity contribution in [3.8, 4) is 0 Å². The van der Waals surface area contributed by atoms with Gasteiger partial charge >= 0.3 is 0 Å². The third-order valence-electron chi connectivity index (χ3n) is 3.31. The number of aliphatic hydroxyl groups is 1. The zero-order valence-corrected chi connectivity index (χ0v) is 13.0. The summed E-state index contributed by atoms with van der Waals surface area (Å²) in [5.74, 6) is 0.434. The summed E-state index contributed by atoms with van der Waals surface area (Å²) in [7, 11) is 0. The van der Waals surface area contributed by atoms with Crippen molar-refractivity contribution in [2.45, 2.75) is 52.6 Å². The molecule has 2 N–H and O–H groups in total. The largest absolute Gasteiger partial charge is 0.391 e. The molecule has 5 heteroatoms. The van der Waals surface area contributed by atoms with Gasteiger partial charge in [0.25, 0.3) is 5.91 Å². The number of amides is 1. The van der Waals surface area contributed by atoms with Crippen LogP contribution in [0.15, 0.2) is 6.20 Å². The SMILES string of the molecule is CCC(CC)C(O)CNC(=O)c1cnc(C(C)C)s1. The second-order valence-corrected chi connectivity index (χ2v) is 6.13. The number of nitrogens with one attached hydrogen (secondary N) is 1. The second kappa shape index (κ2) is 7.60. The van der Waals surface area contributed by atoms with Gasteiger partial charge in [-0.05, 0) is 5.92 Å². The molecule has 0 saturated heterocycles. The number of hydrogen-bond donors (Lipinski definition) is 2. The summed E-state index contributed by atoms with van der Waals surface area (Å²) in [4.78, 5) is 16.8. The molecule has 0 saturated carbocycles. The topological polar surface area (TPSA) is 62.2 Å². The Balaban J connectivity index is 2.50. The summed E-state index contributed by atoms with van der Waals surface area (Å²) in [5.41, 5.74) is 0. The van der Waals surface area contributed by atoms with E-state index < -0.39 is 6.10 Å². The summed E-state index contributed by atoms with van der Waals surface area (Å²) >= 11 is 1.42. The van der Waals surface area contributed by atoms with Crippen LogP contribution in [0.25, 0.3) is 0 Å². The fraction of sp³-hybridized carbons (Fsp3) is 0.714. The van der Waals surface area contributed by atoms with Gasteiger partial charge in [0.15, 0.2) is 0 Å². The third kappa shape index (κ3) is 4.58. The van der Waals surface area contributed by atoms with E-state index in [2.05, 4.69) is 38.0 Å². The Labute approximate surface area is 119 Å². The van der Waals surface area contributed by atoms with E-state index in [1.165, 1.54) is 11.3 Å². The van der Waals surface area contributed by atoms with Crippen molar-refractivity contribution in [1.29, 1.82) is 0 Å². The Bertz CT molecular complexity index is 400. The molecule has 1 atom stereocenters. The normalized spacial score (nSPS) is 13.0. The van der Waals surface area contributed by atoms with Crippen LogP contribution < -0.4 is 5.32 Å². The van der Waals surface area contributed by atoms with Crippen molar-refractivity contribution in [1.82, 2.24) is 10.3 Å². The molecular weight excluding hydrogens is 260 g/mol. The first-order valence-electron chi connectivity index (χ1n) is 6.91. The van der Waals surface area contributed by atoms with Gasteiger partial charge in [0.1, 0.15) is 4.88 Å². The van der Waals surface area contributed by atoms with Crippen molar-refractivity contribution < 1.29 is 9.90 Å². The van der Waals surface area contributed by atoms with Gasteiger partial charge in [-0.15, -0.1) is 11.3 Å². The molecule has 1 aromatic heterocycles. The summed E-state index contributed by atoms with van der Waals surface area (Å²) in [5, 5.41) is 13.7. The molecule has 19 heavy (non-hydrogen) atoms. The molecule has 0 aromatic carbocycles. The van der Waals surface area contributed by atoms with Gasteiger partial charge in [-0.3, -0.25) is 4.79 Å². The van der Waals surface area contributed by atoms with Crippen LogP contribution in [-0.2, 0) is 0 Å². The zero-order chi connectivity index (χ0) is 14.4. The first-order valence-corrected chi connectivity index (χ1v) is 7.73. The van der Waals surface area contributed by atoms with E-state index in [0.717, 1.165) is 17.8 Å². The molecule has 0 fully saturated rings. The molecule has 0 spiro atoms. The van der Waals surface area contributed by atoms with Crippen LogP contribution in [0.2, 0.25) is 0 Å². The molecule has 1 heterocycles. The molecule has 108 valence electrons. The highest BCUT2D eigenvalue weighted by atomic mass is 32.1. The van der Waals surface area contributed by atoms with E-state index in [1.807, 2.05) is 0 Å². The van der Waals surface area contributed by atoms with Crippen molar-refractivity contribution in [3.05, 3.63) is 16.1 Å². The van der Waals surface area contributed by atoms with E-state index in [1.54, 1.807) is 6.20 Å². The van der Waals surface area contributed by atoms with Gasteiger partial charge in [-0.25, -0.2) is 4.98 Å². The third-order valence-corrected chi connectivity index (χ3v) is 4.60. The maximum absolute atomic E-state index is 11.9. The molecule has 0 aliphatic heterocycles. The standard InChI is InChI=1S/C14H24N2O2S/c1-5-10(6-2)11(17)7-15-13(18)12-8-16-14(19-12)9(3)4/h8-11,17H,5-7H2,1-4H3,(H,15,18).